The minimum atomic E-state index is -0.685. The van der Waals surface area contributed by atoms with E-state index in [0.717, 1.165) is 12.8 Å². The van der Waals surface area contributed by atoms with E-state index in [1.165, 1.54) is 0 Å². The highest BCUT2D eigenvalue weighted by Gasteiger charge is 2.19. The Morgan fingerprint density at radius 2 is 2.27 bits per heavy atom. The Bertz CT molecular complexity index is 238. The normalized spacial score (nSPS) is 17.5. The molecule has 0 aromatic heterocycles. The van der Waals surface area contributed by atoms with Crippen molar-refractivity contribution in [2.75, 3.05) is 0 Å². The zero-order valence-electron chi connectivity index (χ0n) is 6.00. The fourth-order valence-electron chi connectivity index (χ4n) is 1.06. The Morgan fingerprint density at radius 3 is 2.82 bits per heavy atom. The summed E-state index contributed by atoms with van der Waals surface area (Å²) in [6, 6.07) is 0. The molecule has 0 fully saturated rings. The van der Waals surface area contributed by atoms with Gasteiger partial charge >= 0.3 is 0 Å². The third-order valence-corrected chi connectivity index (χ3v) is 1.63. The van der Waals surface area contributed by atoms with Crippen LogP contribution in [0.15, 0.2) is 11.6 Å². The molecule has 0 aromatic carbocycles. The van der Waals surface area contributed by atoms with Crippen molar-refractivity contribution in [2.24, 2.45) is 0 Å². The van der Waals surface area contributed by atoms with E-state index < -0.39 is 5.78 Å². The molecule has 0 saturated heterocycles. The van der Waals surface area contributed by atoms with Crippen molar-refractivity contribution in [3.05, 3.63) is 11.6 Å². The number of carbonyl (C=O) groups excluding carboxylic acids is 3. The molecule has 1 rings (SSSR count). The van der Waals surface area contributed by atoms with Crippen LogP contribution in [0.5, 0.6) is 0 Å². The molecule has 0 amide bonds. The van der Waals surface area contributed by atoms with Crippen LogP contribution in [-0.4, -0.2) is 17.9 Å². The minimum absolute atomic E-state index is 0.0752. The lowest BCUT2D eigenvalue weighted by molar-refractivity contribution is -0.129. The number of Topliss-reactive ketones (excluding diaryl/α,β-unsaturated/α-hetero) is 2. The van der Waals surface area contributed by atoms with Crippen molar-refractivity contribution < 1.29 is 14.4 Å². The molecular weight excluding hydrogens is 144 g/mol. The van der Waals surface area contributed by atoms with Crippen molar-refractivity contribution in [3.63, 3.8) is 0 Å². The van der Waals surface area contributed by atoms with Gasteiger partial charge in [-0.3, -0.25) is 14.4 Å². The largest absolute Gasteiger partial charge is 0.294 e. The summed E-state index contributed by atoms with van der Waals surface area (Å²) < 4.78 is 0. The van der Waals surface area contributed by atoms with Gasteiger partial charge in [-0.25, -0.2) is 0 Å². The van der Waals surface area contributed by atoms with E-state index in [0.29, 0.717) is 6.42 Å². The van der Waals surface area contributed by atoms with Gasteiger partial charge in [0, 0.05) is 6.42 Å². The molecule has 3 heteroatoms. The molecule has 58 valence electrons. The molecule has 0 aliphatic heterocycles. The molecule has 0 radical (unpaired) electrons. The van der Waals surface area contributed by atoms with Gasteiger partial charge in [-0.05, 0) is 12.8 Å². The molecule has 0 unspecified atom stereocenters. The Morgan fingerprint density at radius 1 is 1.55 bits per heavy atom. The van der Waals surface area contributed by atoms with Crippen LogP contribution in [0.25, 0.3) is 0 Å². The van der Waals surface area contributed by atoms with Crippen LogP contribution in [0.3, 0.4) is 0 Å². The van der Waals surface area contributed by atoms with Gasteiger partial charge in [0.2, 0.25) is 5.78 Å². The number of rotatable bonds is 2. The number of hydrogen-bond acceptors (Lipinski definition) is 3. The second-order valence-electron chi connectivity index (χ2n) is 2.42. The molecule has 1 aliphatic rings. The van der Waals surface area contributed by atoms with E-state index in [9.17, 15) is 14.4 Å². The van der Waals surface area contributed by atoms with Gasteiger partial charge in [-0.15, -0.1) is 0 Å². The molecule has 0 spiro atoms. The van der Waals surface area contributed by atoms with Crippen LogP contribution in [-0.2, 0) is 14.4 Å². The maximum Gasteiger partial charge on any atom is 0.228 e. The van der Waals surface area contributed by atoms with Crippen molar-refractivity contribution in [1.82, 2.24) is 0 Å². The second kappa shape index (κ2) is 3.23. The highest BCUT2D eigenvalue weighted by atomic mass is 16.2. The fourth-order valence-corrected chi connectivity index (χ4v) is 1.06. The quantitative estimate of drug-likeness (QED) is 0.327. The lowest BCUT2D eigenvalue weighted by Gasteiger charge is -2.06. The molecule has 1 aliphatic carbocycles. The van der Waals surface area contributed by atoms with Crippen molar-refractivity contribution >= 4 is 17.9 Å². The van der Waals surface area contributed by atoms with Gasteiger partial charge in [-0.2, -0.15) is 0 Å². The minimum Gasteiger partial charge on any atom is -0.294 e. The van der Waals surface area contributed by atoms with Gasteiger partial charge in [-0.1, -0.05) is 6.08 Å². The van der Waals surface area contributed by atoms with Crippen molar-refractivity contribution in [1.29, 1.82) is 0 Å². The summed E-state index contributed by atoms with van der Waals surface area (Å²) in [5, 5.41) is 0. The summed E-state index contributed by atoms with van der Waals surface area (Å²) in [5.74, 6) is -0.886. The standard InChI is InChI=1S/C8H8O3/c9-5-8(11)6-3-1-2-4-7(6)10/h3,5H,1-2,4H2. The predicted molar refractivity (Wildman–Crippen MR) is 38.0 cm³/mol. The smallest absolute Gasteiger partial charge is 0.228 e. The third-order valence-electron chi connectivity index (χ3n) is 1.63. The first kappa shape index (κ1) is 7.85. The van der Waals surface area contributed by atoms with Gasteiger partial charge in [0.05, 0.1) is 5.57 Å². The van der Waals surface area contributed by atoms with Gasteiger partial charge in [0.25, 0.3) is 0 Å². The highest BCUT2D eigenvalue weighted by Crippen LogP contribution is 2.13. The number of ketones is 2. The average Bonchev–Trinajstić information content (AvgIpc) is 2.04. The number of allylic oxidation sites excluding steroid dienone is 2. The Kier molecular flexibility index (Phi) is 2.31. The zero-order chi connectivity index (χ0) is 8.27. The number of hydrogen-bond donors (Lipinski definition) is 0. The molecular formula is C8H8O3. The summed E-state index contributed by atoms with van der Waals surface area (Å²) in [6.07, 6.45) is 3.64. The lowest BCUT2D eigenvalue weighted by atomic mass is 9.96. The third kappa shape index (κ3) is 1.61. The van der Waals surface area contributed by atoms with Crippen LogP contribution in [0, 0.1) is 0 Å². The van der Waals surface area contributed by atoms with Crippen LogP contribution in [0.2, 0.25) is 0 Å². The van der Waals surface area contributed by atoms with E-state index in [4.69, 9.17) is 0 Å². The SMILES string of the molecule is O=CC(=O)C1=CCCCC1=O. The maximum atomic E-state index is 10.9. The first-order valence-electron chi connectivity index (χ1n) is 3.48. The zero-order valence-corrected chi connectivity index (χ0v) is 6.00. The summed E-state index contributed by atoms with van der Waals surface area (Å²) in [6.45, 7) is 0. The van der Waals surface area contributed by atoms with Gasteiger partial charge < -0.3 is 0 Å². The molecule has 3 nitrogen and oxygen atoms in total. The fraction of sp³-hybridized carbons (Fsp3) is 0.375. The topological polar surface area (TPSA) is 51.2 Å². The van der Waals surface area contributed by atoms with Crippen LogP contribution >= 0.6 is 0 Å². The maximum absolute atomic E-state index is 10.9. The summed E-state index contributed by atoms with van der Waals surface area (Å²) >= 11 is 0. The first-order valence-corrected chi connectivity index (χ1v) is 3.48. The van der Waals surface area contributed by atoms with Gasteiger partial charge in [0.1, 0.15) is 0 Å². The van der Waals surface area contributed by atoms with E-state index >= 15 is 0 Å². The van der Waals surface area contributed by atoms with Gasteiger partial charge in [0.15, 0.2) is 12.1 Å². The monoisotopic (exact) mass is 152 g/mol. The highest BCUT2D eigenvalue weighted by molar-refractivity contribution is 6.41. The summed E-state index contributed by atoms with van der Waals surface area (Å²) in [4.78, 5) is 31.7. The van der Waals surface area contributed by atoms with E-state index in [1.54, 1.807) is 6.08 Å². The molecule has 0 bridgehead atoms. The number of aldehydes is 1. The average molecular weight is 152 g/mol. The van der Waals surface area contributed by atoms with Crippen LogP contribution in [0.1, 0.15) is 19.3 Å². The molecule has 0 atom stereocenters. The molecule has 0 aromatic rings. The van der Waals surface area contributed by atoms with Crippen LogP contribution in [0.4, 0.5) is 0 Å². The molecule has 0 saturated carbocycles. The first-order chi connectivity index (χ1) is 5.25. The van der Waals surface area contributed by atoms with E-state index in [1.807, 2.05) is 0 Å². The molecule has 0 heterocycles. The summed E-state index contributed by atoms with van der Waals surface area (Å²) in [7, 11) is 0. The summed E-state index contributed by atoms with van der Waals surface area (Å²) in [5.41, 5.74) is 0.0752. The lowest BCUT2D eigenvalue weighted by Crippen LogP contribution is -2.16. The van der Waals surface area contributed by atoms with Crippen LogP contribution < -0.4 is 0 Å². The Labute approximate surface area is 64.1 Å². The Hall–Kier alpha value is -1.25. The van der Waals surface area contributed by atoms with Crippen molar-refractivity contribution in [3.8, 4) is 0 Å². The van der Waals surface area contributed by atoms with Crippen molar-refractivity contribution in [2.45, 2.75) is 19.3 Å². The second-order valence-corrected chi connectivity index (χ2v) is 2.42. The molecule has 0 N–H and O–H groups in total. The van der Waals surface area contributed by atoms with E-state index in [-0.39, 0.29) is 17.6 Å². The van der Waals surface area contributed by atoms with E-state index in [2.05, 4.69) is 0 Å². The Balaban J connectivity index is 2.83. The molecule has 11 heavy (non-hydrogen) atoms. The predicted octanol–water partition coefficient (Wildman–Crippen LogP) is 0.434. The number of carbonyl (C=O) groups is 3.